The van der Waals surface area contributed by atoms with Crippen LogP contribution in [0.15, 0.2) is 22.7 Å². The van der Waals surface area contributed by atoms with E-state index in [-0.39, 0.29) is 12.6 Å². The third-order valence-corrected chi connectivity index (χ3v) is 2.94. The van der Waals surface area contributed by atoms with Crippen LogP contribution in [0.25, 0.3) is 0 Å². The average Bonchev–Trinajstić information content (AvgIpc) is 2.35. The Morgan fingerprint density at radius 2 is 2.35 bits per heavy atom. The number of nitrogens with one attached hydrogen (secondary N) is 1. The van der Waals surface area contributed by atoms with E-state index < -0.39 is 0 Å². The van der Waals surface area contributed by atoms with Crippen LogP contribution < -0.4 is 10.1 Å². The van der Waals surface area contributed by atoms with E-state index in [9.17, 15) is 0 Å². The Morgan fingerprint density at radius 1 is 1.59 bits per heavy atom. The van der Waals surface area contributed by atoms with Gasteiger partial charge < -0.3 is 9.84 Å². The number of nitrogens with zero attached hydrogens (tertiary/aromatic N) is 1. The third-order valence-electron chi connectivity index (χ3n) is 2.32. The lowest BCUT2D eigenvalue weighted by molar-refractivity contribution is 0.285. The largest absolute Gasteiger partial charge is 0.496 e. The van der Waals surface area contributed by atoms with Crippen molar-refractivity contribution in [1.29, 1.82) is 5.26 Å². The van der Waals surface area contributed by atoms with Crippen molar-refractivity contribution in [3.63, 3.8) is 0 Å². The van der Waals surface area contributed by atoms with E-state index in [2.05, 4.69) is 27.3 Å². The van der Waals surface area contributed by atoms with Gasteiger partial charge in [-0.1, -0.05) is 6.07 Å². The Balaban J connectivity index is 2.75. The SMILES string of the molecule is COc1ccc(C(C#N)NCCCO)cc1Br. The molecule has 1 rings (SSSR count). The summed E-state index contributed by atoms with van der Waals surface area (Å²) in [7, 11) is 1.60. The molecule has 1 aromatic rings. The maximum Gasteiger partial charge on any atom is 0.133 e. The van der Waals surface area contributed by atoms with Crippen molar-refractivity contribution in [2.24, 2.45) is 0 Å². The van der Waals surface area contributed by atoms with Crippen molar-refractivity contribution in [3.8, 4) is 11.8 Å². The molecule has 0 heterocycles. The molecule has 4 nitrogen and oxygen atoms in total. The highest BCUT2D eigenvalue weighted by molar-refractivity contribution is 9.10. The molecule has 0 aromatic heterocycles. The summed E-state index contributed by atoms with van der Waals surface area (Å²) in [5.74, 6) is 0.737. The number of rotatable bonds is 6. The fourth-order valence-corrected chi connectivity index (χ4v) is 1.98. The molecular formula is C12H15BrN2O2. The zero-order chi connectivity index (χ0) is 12.7. The molecule has 0 fully saturated rings. The second kappa shape index (κ2) is 7.28. The average molecular weight is 299 g/mol. The maximum absolute atomic E-state index is 9.07. The summed E-state index contributed by atoms with van der Waals surface area (Å²) in [6, 6.07) is 7.34. The van der Waals surface area contributed by atoms with Crippen molar-refractivity contribution in [1.82, 2.24) is 5.32 Å². The summed E-state index contributed by atoms with van der Waals surface area (Å²) in [6.45, 7) is 0.732. The van der Waals surface area contributed by atoms with Crippen LogP contribution in [0, 0.1) is 11.3 Å². The number of benzene rings is 1. The smallest absolute Gasteiger partial charge is 0.133 e. The van der Waals surface area contributed by atoms with Gasteiger partial charge in [-0.25, -0.2) is 0 Å². The summed E-state index contributed by atoms with van der Waals surface area (Å²) >= 11 is 3.38. The lowest BCUT2D eigenvalue weighted by Crippen LogP contribution is -2.21. The molecule has 5 heteroatoms. The van der Waals surface area contributed by atoms with Gasteiger partial charge in [0.15, 0.2) is 0 Å². The van der Waals surface area contributed by atoms with Gasteiger partial charge in [-0.15, -0.1) is 0 Å². The molecule has 0 aliphatic carbocycles. The molecule has 0 saturated carbocycles. The van der Waals surface area contributed by atoms with Crippen LogP contribution in [0.1, 0.15) is 18.0 Å². The fraction of sp³-hybridized carbons (Fsp3) is 0.417. The molecule has 92 valence electrons. The lowest BCUT2D eigenvalue weighted by atomic mass is 10.1. The number of hydrogen-bond acceptors (Lipinski definition) is 4. The Hall–Kier alpha value is -1.09. The Morgan fingerprint density at radius 3 is 2.88 bits per heavy atom. The maximum atomic E-state index is 9.07. The van der Waals surface area contributed by atoms with Crippen molar-refractivity contribution in [3.05, 3.63) is 28.2 Å². The molecule has 0 saturated heterocycles. The minimum Gasteiger partial charge on any atom is -0.496 e. The number of halogens is 1. The molecule has 2 N–H and O–H groups in total. The van der Waals surface area contributed by atoms with Gasteiger partial charge in [0.2, 0.25) is 0 Å². The van der Waals surface area contributed by atoms with Gasteiger partial charge in [-0.3, -0.25) is 5.32 Å². The Bertz CT molecular complexity index is 404. The second-order valence-corrected chi connectivity index (χ2v) is 4.34. The summed E-state index contributed by atoms with van der Waals surface area (Å²) in [5.41, 5.74) is 0.873. The predicted molar refractivity (Wildman–Crippen MR) is 68.8 cm³/mol. The van der Waals surface area contributed by atoms with E-state index in [0.29, 0.717) is 13.0 Å². The van der Waals surface area contributed by atoms with E-state index in [0.717, 1.165) is 15.8 Å². The first-order chi connectivity index (χ1) is 8.22. The van der Waals surface area contributed by atoms with Crippen molar-refractivity contribution >= 4 is 15.9 Å². The van der Waals surface area contributed by atoms with Gasteiger partial charge in [-0.2, -0.15) is 5.26 Å². The van der Waals surface area contributed by atoms with Crippen LogP contribution >= 0.6 is 15.9 Å². The quantitative estimate of drug-likeness (QED) is 0.789. The molecule has 0 amide bonds. The van der Waals surface area contributed by atoms with Crippen LogP contribution in [-0.4, -0.2) is 25.4 Å². The van der Waals surface area contributed by atoms with E-state index in [1.807, 2.05) is 18.2 Å². The monoisotopic (exact) mass is 298 g/mol. The molecule has 0 aliphatic heterocycles. The zero-order valence-electron chi connectivity index (χ0n) is 9.61. The van der Waals surface area contributed by atoms with Crippen molar-refractivity contribution in [2.45, 2.75) is 12.5 Å². The number of ether oxygens (including phenoxy) is 1. The summed E-state index contributed by atoms with van der Waals surface area (Å²) < 4.78 is 5.95. The van der Waals surface area contributed by atoms with Crippen LogP contribution in [0.2, 0.25) is 0 Å². The number of aliphatic hydroxyl groups is 1. The molecular weight excluding hydrogens is 284 g/mol. The highest BCUT2D eigenvalue weighted by atomic mass is 79.9. The van der Waals surface area contributed by atoms with Gasteiger partial charge in [0, 0.05) is 6.61 Å². The number of nitriles is 1. The highest BCUT2D eigenvalue weighted by Crippen LogP contribution is 2.27. The Kier molecular flexibility index (Phi) is 5.98. The summed E-state index contributed by atoms with van der Waals surface area (Å²) in [5, 5.41) is 20.8. The topological polar surface area (TPSA) is 65.3 Å². The normalized spacial score (nSPS) is 11.9. The number of hydrogen-bond donors (Lipinski definition) is 2. The lowest BCUT2D eigenvalue weighted by Gasteiger charge is -2.13. The number of aliphatic hydroxyl groups excluding tert-OH is 1. The fourth-order valence-electron chi connectivity index (χ4n) is 1.43. The van der Waals surface area contributed by atoms with Crippen LogP contribution in [0.3, 0.4) is 0 Å². The van der Waals surface area contributed by atoms with Crippen LogP contribution in [0.5, 0.6) is 5.75 Å². The highest BCUT2D eigenvalue weighted by Gasteiger charge is 2.11. The Labute approximate surface area is 109 Å². The molecule has 17 heavy (non-hydrogen) atoms. The van der Waals surface area contributed by atoms with E-state index >= 15 is 0 Å². The minimum atomic E-state index is -0.372. The van der Waals surface area contributed by atoms with Crippen LogP contribution in [0.4, 0.5) is 0 Å². The molecule has 1 aromatic carbocycles. The van der Waals surface area contributed by atoms with Crippen LogP contribution in [-0.2, 0) is 0 Å². The van der Waals surface area contributed by atoms with Gasteiger partial charge in [0.05, 0.1) is 17.7 Å². The standard InChI is InChI=1S/C12H15BrN2O2/c1-17-12-4-3-9(7-10(12)13)11(8-14)15-5-2-6-16/h3-4,7,11,15-16H,2,5-6H2,1H3. The molecule has 0 aliphatic rings. The van der Waals surface area contributed by atoms with E-state index in [1.165, 1.54) is 0 Å². The molecule has 0 radical (unpaired) electrons. The van der Waals surface area contributed by atoms with Crippen molar-refractivity contribution in [2.75, 3.05) is 20.3 Å². The zero-order valence-corrected chi connectivity index (χ0v) is 11.2. The van der Waals surface area contributed by atoms with Gasteiger partial charge in [-0.05, 0) is 46.6 Å². The van der Waals surface area contributed by atoms with Gasteiger partial charge in [0.25, 0.3) is 0 Å². The molecule has 1 unspecified atom stereocenters. The first kappa shape index (κ1) is 14.0. The minimum absolute atomic E-state index is 0.122. The number of methoxy groups -OCH3 is 1. The molecule has 1 atom stereocenters. The molecule has 0 spiro atoms. The van der Waals surface area contributed by atoms with E-state index in [4.69, 9.17) is 15.1 Å². The first-order valence-corrected chi connectivity index (χ1v) is 6.09. The third kappa shape index (κ3) is 4.00. The summed E-state index contributed by atoms with van der Waals surface area (Å²) in [4.78, 5) is 0. The van der Waals surface area contributed by atoms with E-state index in [1.54, 1.807) is 7.11 Å². The van der Waals surface area contributed by atoms with Gasteiger partial charge in [0.1, 0.15) is 11.8 Å². The molecule has 0 bridgehead atoms. The van der Waals surface area contributed by atoms with Gasteiger partial charge >= 0.3 is 0 Å². The summed E-state index contributed by atoms with van der Waals surface area (Å²) in [6.07, 6.45) is 0.634. The second-order valence-electron chi connectivity index (χ2n) is 3.49. The predicted octanol–water partition coefficient (Wildman–Crippen LogP) is 1.99. The van der Waals surface area contributed by atoms with Crippen molar-refractivity contribution < 1.29 is 9.84 Å². The first-order valence-electron chi connectivity index (χ1n) is 5.30.